The number of ether oxygens (including phenoxy) is 1. The second kappa shape index (κ2) is 17.3. The van der Waals surface area contributed by atoms with Crippen molar-refractivity contribution in [2.75, 3.05) is 19.8 Å². The van der Waals surface area contributed by atoms with Gasteiger partial charge in [-0.3, -0.25) is 0 Å². The summed E-state index contributed by atoms with van der Waals surface area (Å²) in [7, 11) is 0. The van der Waals surface area contributed by atoms with Gasteiger partial charge in [0.05, 0.1) is 19.8 Å². The Morgan fingerprint density at radius 3 is 1.43 bits per heavy atom. The molecule has 0 bridgehead atoms. The Morgan fingerprint density at radius 2 is 1.18 bits per heavy atom. The molecule has 0 aliphatic heterocycles. The quantitative estimate of drug-likeness (QED) is 0.190. The molecule has 158 valence electrons. The highest BCUT2D eigenvalue weighted by Crippen LogP contribution is 2.24. The lowest BCUT2D eigenvalue weighted by molar-refractivity contribution is -0.153. The molecule has 0 saturated heterocycles. The average molecular weight is 402 g/mol. The molecule has 28 heavy (non-hydrogen) atoms. The summed E-state index contributed by atoms with van der Waals surface area (Å²) in [6.07, 6.45) is 2.75. The molecule has 0 aromatic rings. The molecule has 0 aliphatic carbocycles. The predicted octanol–water partition coefficient (Wildman–Crippen LogP) is 0.0559. The molecule has 0 atom stereocenters. The number of aliphatic carboxylic acids is 2. The van der Waals surface area contributed by atoms with Crippen molar-refractivity contribution in [2.24, 2.45) is 5.41 Å². The van der Waals surface area contributed by atoms with Gasteiger partial charge >= 0.3 is 23.9 Å². The van der Waals surface area contributed by atoms with Gasteiger partial charge < -0.3 is 30.3 Å². The molecule has 10 nitrogen and oxygen atoms in total. The number of esters is 2. The first-order valence-corrected chi connectivity index (χ1v) is 7.58. The largest absolute Gasteiger partial charge is 0.478 e. The highest BCUT2D eigenvalue weighted by Gasteiger charge is 2.28. The van der Waals surface area contributed by atoms with Crippen LogP contribution in [-0.4, -0.2) is 69.2 Å². The number of carbonyl (C=O) groups excluding carboxylic acids is 2. The first kappa shape index (κ1) is 29.7. The Labute approximate surface area is 162 Å². The lowest BCUT2D eigenvalue weighted by Gasteiger charge is -2.27. The fraction of sp³-hybridized carbons (Fsp3) is 0.333. The molecule has 0 aromatic carbocycles. The van der Waals surface area contributed by atoms with E-state index in [1.807, 2.05) is 0 Å². The summed E-state index contributed by atoms with van der Waals surface area (Å²) in [6, 6.07) is 0. The molecule has 0 unspecified atom stereocenters. The van der Waals surface area contributed by atoms with Crippen LogP contribution in [0.3, 0.4) is 0 Å². The van der Waals surface area contributed by atoms with Gasteiger partial charge in [0.15, 0.2) is 0 Å². The van der Waals surface area contributed by atoms with E-state index < -0.39 is 49.1 Å². The summed E-state index contributed by atoms with van der Waals surface area (Å²) in [5, 5.41) is 42.4. The van der Waals surface area contributed by atoms with Gasteiger partial charge in [-0.15, -0.1) is 0 Å². The molecule has 0 aromatic heterocycles. The number of carbonyl (C=O) groups is 4. The topological polar surface area (TPSA) is 179 Å². The van der Waals surface area contributed by atoms with Crippen LogP contribution in [-0.2, 0) is 23.9 Å². The zero-order chi connectivity index (χ0) is 22.8. The van der Waals surface area contributed by atoms with Gasteiger partial charge in [0.2, 0.25) is 0 Å². The van der Waals surface area contributed by atoms with E-state index in [4.69, 9.17) is 25.5 Å². The van der Waals surface area contributed by atoms with Crippen LogP contribution in [0.15, 0.2) is 50.1 Å². The van der Waals surface area contributed by atoms with Gasteiger partial charge in [0.25, 0.3) is 0 Å². The van der Waals surface area contributed by atoms with E-state index in [-0.39, 0.29) is 18.4 Å². The number of carboxylic acid groups (broad SMARTS) is 2. The normalized spacial score (nSPS) is 9.25. The second-order valence-corrected chi connectivity index (χ2v) is 5.08. The van der Waals surface area contributed by atoms with Crippen LogP contribution < -0.4 is 0 Å². The number of carboxylic acids is 2. The zero-order valence-corrected chi connectivity index (χ0v) is 15.4. The van der Waals surface area contributed by atoms with E-state index in [9.17, 15) is 19.2 Å². The molecule has 0 aliphatic rings. The van der Waals surface area contributed by atoms with E-state index in [0.717, 1.165) is 18.2 Å². The highest BCUT2D eigenvalue weighted by atomic mass is 16.6. The number of aliphatic hydroxyl groups excluding tert-OH is 3. The third-order valence-corrected chi connectivity index (χ3v) is 2.96. The summed E-state index contributed by atoms with van der Waals surface area (Å²) in [6.45, 7) is 11.2. The van der Waals surface area contributed by atoms with Crippen molar-refractivity contribution in [1.29, 1.82) is 0 Å². The first-order valence-electron chi connectivity index (χ1n) is 7.58. The van der Waals surface area contributed by atoms with Crippen LogP contribution in [0, 0.1) is 5.41 Å². The summed E-state index contributed by atoms with van der Waals surface area (Å²) >= 11 is 0. The lowest BCUT2D eigenvalue weighted by atomic mass is 9.84. The van der Waals surface area contributed by atoms with Gasteiger partial charge in [0, 0.05) is 29.2 Å². The maximum absolute atomic E-state index is 11.3. The zero-order valence-electron chi connectivity index (χ0n) is 15.4. The Morgan fingerprint density at radius 1 is 0.821 bits per heavy atom. The van der Waals surface area contributed by atoms with E-state index in [1.54, 1.807) is 0 Å². The second-order valence-electron chi connectivity index (χ2n) is 5.08. The molecule has 5 N–H and O–H groups in total. The van der Waals surface area contributed by atoms with Crippen LogP contribution in [0.1, 0.15) is 12.8 Å². The monoisotopic (exact) mass is 402 g/mol. The average Bonchev–Trinajstić information content (AvgIpc) is 2.69. The number of rotatable bonds is 10. The van der Waals surface area contributed by atoms with Gasteiger partial charge in [-0.1, -0.05) is 26.3 Å². The molecule has 0 radical (unpaired) electrons. The van der Waals surface area contributed by atoms with Gasteiger partial charge in [-0.05, 0) is 12.8 Å². The standard InChI is InChI=1S/C12H18O6.2C3H4O2/c1-3-10(16)18-11(17)9(2)4-5-12(6-13,7-14)8-15;2*1-2-3(4)5/h3,13-15H,1-2,4-8H2;2*2H,1H2,(H,4,5). The minimum atomic E-state index is -1.08. The van der Waals surface area contributed by atoms with Crippen LogP contribution in [0.5, 0.6) is 0 Å². The molecule has 0 saturated carbocycles. The molecule has 0 rings (SSSR count). The van der Waals surface area contributed by atoms with Crippen molar-refractivity contribution in [3.05, 3.63) is 50.1 Å². The number of hydrogen-bond donors (Lipinski definition) is 5. The molecule has 10 heteroatoms. The third-order valence-electron chi connectivity index (χ3n) is 2.96. The Balaban J connectivity index is -0.000000512. The first-order chi connectivity index (χ1) is 13.0. The predicted molar refractivity (Wildman–Crippen MR) is 99.0 cm³/mol. The fourth-order valence-corrected chi connectivity index (χ4v) is 1.11. The summed E-state index contributed by atoms with van der Waals surface area (Å²) in [4.78, 5) is 40.6. The maximum atomic E-state index is 11.3. The van der Waals surface area contributed by atoms with Crippen molar-refractivity contribution >= 4 is 23.9 Å². The summed E-state index contributed by atoms with van der Waals surface area (Å²) < 4.78 is 4.34. The van der Waals surface area contributed by atoms with E-state index in [1.165, 1.54) is 0 Å². The Kier molecular flexibility index (Phi) is 18.4. The van der Waals surface area contributed by atoms with Crippen molar-refractivity contribution in [3.8, 4) is 0 Å². The van der Waals surface area contributed by atoms with Crippen LogP contribution in [0.2, 0.25) is 0 Å². The minimum Gasteiger partial charge on any atom is -0.478 e. The molecule has 0 spiro atoms. The van der Waals surface area contributed by atoms with Gasteiger partial charge in [0.1, 0.15) is 0 Å². The maximum Gasteiger partial charge on any atom is 0.341 e. The van der Waals surface area contributed by atoms with E-state index in [0.29, 0.717) is 0 Å². The van der Waals surface area contributed by atoms with Gasteiger partial charge in [-0.25, -0.2) is 19.2 Å². The molecule has 0 heterocycles. The van der Waals surface area contributed by atoms with Gasteiger partial charge in [-0.2, -0.15) is 0 Å². The third kappa shape index (κ3) is 16.4. The molecule has 0 amide bonds. The van der Waals surface area contributed by atoms with Crippen molar-refractivity contribution in [1.82, 2.24) is 0 Å². The SMILES string of the molecule is C=CC(=O)O.C=CC(=O)O.C=CC(=O)OC(=O)C(=C)CCC(CO)(CO)CO. The molecular formula is C18H26O10. The molecule has 0 fully saturated rings. The van der Waals surface area contributed by atoms with Crippen LogP contribution in [0.4, 0.5) is 0 Å². The van der Waals surface area contributed by atoms with Crippen LogP contribution in [0.25, 0.3) is 0 Å². The summed E-state index contributed by atoms with van der Waals surface area (Å²) in [5.41, 5.74) is -1.06. The van der Waals surface area contributed by atoms with Crippen molar-refractivity contribution < 1.29 is 49.4 Å². The van der Waals surface area contributed by atoms with Crippen molar-refractivity contribution in [3.63, 3.8) is 0 Å². The highest BCUT2D eigenvalue weighted by molar-refractivity contribution is 5.98. The lowest BCUT2D eigenvalue weighted by Crippen LogP contribution is -2.34. The molecular weight excluding hydrogens is 376 g/mol. The smallest absolute Gasteiger partial charge is 0.341 e. The van der Waals surface area contributed by atoms with E-state index >= 15 is 0 Å². The number of aliphatic hydroxyl groups is 3. The number of hydrogen-bond acceptors (Lipinski definition) is 8. The fourth-order valence-electron chi connectivity index (χ4n) is 1.11. The van der Waals surface area contributed by atoms with E-state index in [2.05, 4.69) is 31.1 Å². The Bertz CT molecular complexity index is 547. The van der Waals surface area contributed by atoms with Crippen LogP contribution >= 0.6 is 0 Å². The summed E-state index contributed by atoms with van der Waals surface area (Å²) in [5.74, 6) is -3.73. The minimum absolute atomic E-state index is 0.0184. The van der Waals surface area contributed by atoms with Crippen molar-refractivity contribution in [2.45, 2.75) is 12.8 Å². The Hall–Kier alpha value is -3.08.